The maximum absolute atomic E-state index is 2.35. The molecule has 0 nitrogen and oxygen atoms in total. The molecule has 0 amide bonds. The fraction of sp³-hybridized carbons (Fsp3) is 0.667. The van der Waals surface area contributed by atoms with Gasteiger partial charge in [-0.1, -0.05) is 26.0 Å². The summed E-state index contributed by atoms with van der Waals surface area (Å²) in [6.45, 7) is 4.59. The molecule has 0 spiro atoms. The molecule has 0 aromatic heterocycles. The van der Waals surface area contributed by atoms with Gasteiger partial charge in [0.25, 0.3) is 0 Å². The van der Waals surface area contributed by atoms with Crippen LogP contribution in [0.5, 0.6) is 0 Å². The molecular formula is C9H15. The van der Waals surface area contributed by atoms with Gasteiger partial charge in [-0.25, -0.2) is 0 Å². The Balaban J connectivity index is 2.52. The number of rotatable bonds is 0. The van der Waals surface area contributed by atoms with Crippen LogP contribution in [0.15, 0.2) is 12.2 Å². The monoisotopic (exact) mass is 123 g/mol. The minimum atomic E-state index is 0.451. The van der Waals surface area contributed by atoms with E-state index < -0.39 is 0 Å². The van der Waals surface area contributed by atoms with Gasteiger partial charge in [-0.3, -0.25) is 0 Å². The van der Waals surface area contributed by atoms with Crippen LogP contribution in [-0.2, 0) is 0 Å². The smallest absolute Gasteiger partial charge is 0.0175 e. The third-order valence-electron chi connectivity index (χ3n) is 1.86. The molecule has 0 saturated carbocycles. The van der Waals surface area contributed by atoms with Gasteiger partial charge >= 0.3 is 0 Å². The Morgan fingerprint density at radius 2 is 2.11 bits per heavy atom. The Hall–Kier alpha value is -0.260. The fourth-order valence-electron chi connectivity index (χ4n) is 1.16. The summed E-state index contributed by atoms with van der Waals surface area (Å²) in [4.78, 5) is 0. The maximum Gasteiger partial charge on any atom is -0.0175 e. The van der Waals surface area contributed by atoms with Gasteiger partial charge < -0.3 is 0 Å². The Kier molecular flexibility index (Phi) is 1.94. The zero-order chi connectivity index (χ0) is 6.74. The lowest BCUT2D eigenvalue weighted by atomic mass is 9.89. The lowest BCUT2D eigenvalue weighted by Gasteiger charge is -2.17. The molecule has 0 bridgehead atoms. The van der Waals surface area contributed by atoms with Gasteiger partial charge in [-0.05, 0) is 31.1 Å². The average molecular weight is 123 g/mol. The van der Waals surface area contributed by atoms with Crippen molar-refractivity contribution in [1.82, 2.24) is 0 Å². The summed E-state index contributed by atoms with van der Waals surface area (Å²) in [6, 6.07) is 0. The molecule has 1 radical (unpaired) electrons. The lowest BCUT2D eigenvalue weighted by molar-refractivity contribution is 0.441. The fourth-order valence-corrected chi connectivity index (χ4v) is 1.16. The topological polar surface area (TPSA) is 0 Å². The predicted molar refractivity (Wildman–Crippen MR) is 41.1 cm³/mol. The maximum atomic E-state index is 2.35. The van der Waals surface area contributed by atoms with Gasteiger partial charge in [0.05, 0.1) is 0 Å². The molecule has 0 N–H and O–H groups in total. The van der Waals surface area contributed by atoms with Crippen LogP contribution in [0.3, 0.4) is 0 Å². The molecule has 0 aromatic rings. The summed E-state index contributed by atoms with van der Waals surface area (Å²) < 4.78 is 0. The summed E-state index contributed by atoms with van der Waals surface area (Å²) >= 11 is 0. The van der Waals surface area contributed by atoms with Crippen LogP contribution in [0.4, 0.5) is 0 Å². The van der Waals surface area contributed by atoms with Crippen molar-refractivity contribution >= 4 is 0 Å². The van der Waals surface area contributed by atoms with Crippen LogP contribution in [0.1, 0.15) is 33.1 Å². The SMILES string of the molecule is CC1(C)C=CC[CH]CC1. The van der Waals surface area contributed by atoms with Crippen LogP contribution >= 0.6 is 0 Å². The molecule has 0 aliphatic heterocycles. The first-order valence-electron chi connectivity index (χ1n) is 3.70. The Morgan fingerprint density at radius 3 is 2.89 bits per heavy atom. The molecule has 0 atom stereocenters. The van der Waals surface area contributed by atoms with E-state index in [1.807, 2.05) is 0 Å². The highest BCUT2D eigenvalue weighted by molar-refractivity contribution is 5.00. The molecule has 0 heteroatoms. The molecule has 1 aliphatic carbocycles. The third kappa shape index (κ3) is 2.21. The van der Waals surface area contributed by atoms with E-state index in [-0.39, 0.29) is 0 Å². The van der Waals surface area contributed by atoms with Crippen molar-refractivity contribution in [3.8, 4) is 0 Å². The summed E-state index contributed by atoms with van der Waals surface area (Å²) in [5.74, 6) is 0. The second kappa shape index (κ2) is 2.55. The van der Waals surface area contributed by atoms with E-state index in [0.717, 1.165) is 0 Å². The Bertz CT molecular complexity index is 109. The first-order chi connectivity index (χ1) is 4.21. The van der Waals surface area contributed by atoms with Gasteiger partial charge in [0.1, 0.15) is 0 Å². The van der Waals surface area contributed by atoms with E-state index in [9.17, 15) is 0 Å². The molecule has 51 valence electrons. The molecule has 0 fully saturated rings. The van der Waals surface area contributed by atoms with Crippen molar-refractivity contribution in [2.24, 2.45) is 5.41 Å². The van der Waals surface area contributed by atoms with Gasteiger partial charge in [-0.15, -0.1) is 0 Å². The highest BCUT2D eigenvalue weighted by Gasteiger charge is 2.14. The second-order valence-electron chi connectivity index (χ2n) is 3.45. The zero-order valence-electron chi connectivity index (χ0n) is 6.35. The Morgan fingerprint density at radius 1 is 1.33 bits per heavy atom. The second-order valence-corrected chi connectivity index (χ2v) is 3.45. The zero-order valence-corrected chi connectivity index (χ0v) is 6.35. The molecule has 0 saturated heterocycles. The quantitative estimate of drug-likeness (QED) is 0.434. The third-order valence-corrected chi connectivity index (χ3v) is 1.86. The van der Waals surface area contributed by atoms with Crippen molar-refractivity contribution in [1.29, 1.82) is 0 Å². The van der Waals surface area contributed by atoms with Gasteiger partial charge in [0.15, 0.2) is 0 Å². The Labute approximate surface area is 58.0 Å². The number of hydrogen-bond acceptors (Lipinski definition) is 0. The summed E-state index contributed by atoms with van der Waals surface area (Å²) in [7, 11) is 0. The molecule has 9 heavy (non-hydrogen) atoms. The van der Waals surface area contributed by atoms with E-state index in [0.29, 0.717) is 5.41 Å². The minimum Gasteiger partial charge on any atom is -0.0877 e. The minimum absolute atomic E-state index is 0.451. The van der Waals surface area contributed by atoms with Gasteiger partial charge in [0, 0.05) is 0 Å². The first kappa shape index (κ1) is 6.85. The molecule has 1 aliphatic rings. The van der Waals surface area contributed by atoms with E-state index in [4.69, 9.17) is 0 Å². The van der Waals surface area contributed by atoms with Crippen LogP contribution < -0.4 is 0 Å². The number of hydrogen-bond donors (Lipinski definition) is 0. The summed E-state index contributed by atoms with van der Waals surface area (Å²) in [5, 5.41) is 0. The molecule has 0 heterocycles. The predicted octanol–water partition coefficient (Wildman–Crippen LogP) is 2.96. The van der Waals surface area contributed by atoms with Crippen molar-refractivity contribution in [3.05, 3.63) is 18.6 Å². The van der Waals surface area contributed by atoms with Crippen LogP contribution in [0.2, 0.25) is 0 Å². The van der Waals surface area contributed by atoms with E-state index in [1.165, 1.54) is 19.3 Å². The van der Waals surface area contributed by atoms with Crippen LogP contribution in [0.25, 0.3) is 0 Å². The number of allylic oxidation sites excluding steroid dienone is 2. The van der Waals surface area contributed by atoms with Crippen molar-refractivity contribution in [2.45, 2.75) is 33.1 Å². The molecule has 1 rings (SSSR count). The van der Waals surface area contributed by atoms with Gasteiger partial charge in [0.2, 0.25) is 0 Å². The largest absolute Gasteiger partial charge is 0.0877 e. The normalized spacial score (nSPS) is 25.6. The van der Waals surface area contributed by atoms with Gasteiger partial charge in [-0.2, -0.15) is 0 Å². The molecule has 0 aromatic carbocycles. The van der Waals surface area contributed by atoms with Crippen molar-refractivity contribution in [2.75, 3.05) is 0 Å². The van der Waals surface area contributed by atoms with E-state index >= 15 is 0 Å². The van der Waals surface area contributed by atoms with Crippen LogP contribution in [0, 0.1) is 11.8 Å². The molecule has 0 unspecified atom stereocenters. The van der Waals surface area contributed by atoms with E-state index in [1.54, 1.807) is 0 Å². The lowest BCUT2D eigenvalue weighted by Crippen LogP contribution is -2.04. The first-order valence-corrected chi connectivity index (χ1v) is 3.70. The standard InChI is InChI=1S/C9H15/c1-9(2)7-5-3-4-6-8-9/h3,6,8H,4-5,7H2,1-2H3. The summed E-state index contributed by atoms with van der Waals surface area (Å²) in [5.41, 5.74) is 0.451. The van der Waals surface area contributed by atoms with Crippen LogP contribution in [-0.4, -0.2) is 0 Å². The van der Waals surface area contributed by atoms with Crippen molar-refractivity contribution in [3.63, 3.8) is 0 Å². The highest BCUT2D eigenvalue weighted by Crippen LogP contribution is 2.27. The van der Waals surface area contributed by atoms with Crippen molar-refractivity contribution < 1.29 is 0 Å². The summed E-state index contributed by atoms with van der Waals surface area (Å²) in [6.07, 6.45) is 10.7. The highest BCUT2D eigenvalue weighted by atomic mass is 14.2. The average Bonchev–Trinajstić information content (AvgIpc) is 1.92. The molecular weight excluding hydrogens is 108 g/mol. The van der Waals surface area contributed by atoms with E-state index in [2.05, 4.69) is 32.4 Å².